The van der Waals surface area contributed by atoms with Crippen LogP contribution in [0.5, 0.6) is 0 Å². The number of hydrogen-bond donors (Lipinski definition) is 1. The Kier molecular flexibility index (Phi) is 3.42. The Hall–Kier alpha value is -2.57. The van der Waals surface area contributed by atoms with Crippen LogP contribution < -0.4 is 5.32 Å². The second-order valence-corrected chi connectivity index (χ2v) is 3.46. The van der Waals surface area contributed by atoms with Crippen LogP contribution in [0.4, 0.5) is 15.8 Å². The molecule has 0 aliphatic heterocycles. The van der Waals surface area contributed by atoms with Gasteiger partial charge in [-0.2, -0.15) is 10.2 Å². The van der Waals surface area contributed by atoms with Gasteiger partial charge < -0.3 is 5.32 Å². The van der Waals surface area contributed by atoms with Crippen molar-refractivity contribution in [3.05, 3.63) is 58.2 Å². The topological polar surface area (TPSA) is 81.0 Å². The van der Waals surface area contributed by atoms with Crippen molar-refractivity contribution < 1.29 is 9.31 Å². The summed E-state index contributed by atoms with van der Waals surface area (Å²) < 4.78 is 13.5. The maximum absolute atomic E-state index is 13.5. The van der Waals surface area contributed by atoms with Gasteiger partial charge in [0.2, 0.25) is 0 Å². The number of para-hydroxylation sites is 1. The lowest BCUT2D eigenvalue weighted by molar-refractivity contribution is -0.384. The third-order valence-corrected chi connectivity index (χ3v) is 2.26. The van der Waals surface area contributed by atoms with Crippen LogP contribution in [0, 0.1) is 15.9 Å². The molecule has 2 rings (SSSR count). The van der Waals surface area contributed by atoms with Gasteiger partial charge in [-0.15, -0.1) is 0 Å². The van der Waals surface area contributed by atoms with Gasteiger partial charge in [0.05, 0.1) is 17.2 Å². The standard InChI is InChI=1S/C11H9FN4O2/c12-9-4-1-5-10(16(17)18)11(9)13-7-8-3-2-6-14-15-8/h1-6,13H,7H2. The van der Waals surface area contributed by atoms with Crippen LogP contribution in [0.25, 0.3) is 0 Å². The van der Waals surface area contributed by atoms with Crippen molar-refractivity contribution in [1.29, 1.82) is 0 Å². The van der Waals surface area contributed by atoms with Crippen molar-refractivity contribution in [1.82, 2.24) is 10.2 Å². The number of nitro benzene ring substituents is 1. The van der Waals surface area contributed by atoms with Crippen LogP contribution in [0.2, 0.25) is 0 Å². The largest absolute Gasteiger partial charge is 0.371 e. The lowest BCUT2D eigenvalue weighted by Crippen LogP contribution is -2.06. The first kappa shape index (κ1) is 11.9. The zero-order valence-corrected chi connectivity index (χ0v) is 9.21. The van der Waals surface area contributed by atoms with Gasteiger partial charge in [0.1, 0.15) is 5.69 Å². The molecule has 0 aliphatic carbocycles. The first-order valence-corrected chi connectivity index (χ1v) is 5.12. The number of hydrogen-bond acceptors (Lipinski definition) is 5. The number of benzene rings is 1. The van der Waals surface area contributed by atoms with E-state index in [1.54, 1.807) is 12.1 Å². The van der Waals surface area contributed by atoms with Crippen molar-refractivity contribution in [2.24, 2.45) is 0 Å². The van der Waals surface area contributed by atoms with E-state index in [1.165, 1.54) is 18.3 Å². The molecule has 0 saturated carbocycles. The molecule has 6 nitrogen and oxygen atoms in total. The van der Waals surface area contributed by atoms with Crippen molar-refractivity contribution in [3.63, 3.8) is 0 Å². The fourth-order valence-electron chi connectivity index (χ4n) is 1.45. The summed E-state index contributed by atoms with van der Waals surface area (Å²) in [7, 11) is 0. The van der Waals surface area contributed by atoms with E-state index >= 15 is 0 Å². The summed E-state index contributed by atoms with van der Waals surface area (Å²) in [5.74, 6) is -0.673. The molecule has 18 heavy (non-hydrogen) atoms. The van der Waals surface area contributed by atoms with Gasteiger partial charge >= 0.3 is 0 Å². The van der Waals surface area contributed by atoms with Crippen molar-refractivity contribution in [2.45, 2.75) is 6.54 Å². The van der Waals surface area contributed by atoms with Crippen LogP contribution >= 0.6 is 0 Å². The van der Waals surface area contributed by atoms with E-state index in [0.717, 1.165) is 6.07 Å². The Morgan fingerprint density at radius 2 is 2.17 bits per heavy atom. The van der Waals surface area contributed by atoms with Gasteiger partial charge in [-0.3, -0.25) is 10.1 Å². The predicted molar refractivity (Wildman–Crippen MR) is 62.4 cm³/mol. The van der Waals surface area contributed by atoms with Gasteiger partial charge in [0.15, 0.2) is 5.82 Å². The second-order valence-electron chi connectivity index (χ2n) is 3.46. The Balaban J connectivity index is 2.21. The molecule has 92 valence electrons. The fraction of sp³-hybridized carbons (Fsp3) is 0.0909. The molecule has 0 aliphatic rings. The minimum absolute atomic E-state index is 0.145. The Morgan fingerprint density at radius 1 is 1.33 bits per heavy atom. The van der Waals surface area contributed by atoms with Crippen LogP contribution in [0.1, 0.15) is 5.69 Å². The first-order valence-electron chi connectivity index (χ1n) is 5.12. The summed E-state index contributed by atoms with van der Waals surface area (Å²) in [4.78, 5) is 10.1. The highest BCUT2D eigenvalue weighted by atomic mass is 19.1. The molecule has 7 heteroatoms. The second kappa shape index (κ2) is 5.17. The molecule has 0 saturated heterocycles. The van der Waals surface area contributed by atoms with Crippen LogP contribution in [-0.4, -0.2) is 15.1 Å². The smallest absolute Gasteiger partial charge is 0.295 e. The molecule has 2 aromatic rings. The minimum Gasteiger partial charge on any atom is -0.371 e. The molecular formula is C11H9FN4O2. The van der Waals surface area contributed by atoms with E-state index in [0.29, 0.717) is 5.69 Å². The number of halogens is 1. The molecule has 1 heterocycles. The summed E-state index contributed by atoms with van der Waals surface area (Å²) in [6.45, 7) is 0.162. The molecule has 0 fully saturated rings. The van der Waals surface area contributed by atoms with Gasteiger partial charge in [0.25, 0.3) is 5.69 Å². The lowest BCUT2D eigenvalue weighted by Gasteiger charge is -2.07. The predicted octanol–water partition coefficient (Wildman–Crippen LogP) is 2.14. The quantitative estimate of drug-likeness (QED) is 0.662. The highest BCUT2D eigenvalue weighted by molar-refractivity contribution is 5.62. The van der Waals surface area contributed by atoms with Gasteiger partial charge in [-0.25, -0.2) is 4.39 Å². The summed E-state index contributed by atoms with van der Waals surface area (Å²) in [6, 6.07) is 7.06. The lowest BCUT2D eigenvalue weighted by atomic mass is 10.2. The van der Waals surface area contributed by atoms with Crippen LogP contribution in [-0.2, 0) is 6.54 Å². The van der Waals surface area contributed by atoms with E-state index in [4.69, 9.17) is 0 Å². The average molecular weight is 248 g/mol. The van der Waals surface area contributed by atoms with E-state index in [1.807, 2.05) is 0 Å². The maximum Gasteiger partial charge on any atom is 0.295 e. The normalized spacial score (nSPS) is 10.1. The molecule has 1 aromatic heterocycles. The molecule has 1 N–H and O–H groups in total. The summed E-state index contributed by atoms with van der Waals surface area (Å²) >= 11 is 0. The number of rotatable bonds is 4. The molecule has 0 unspecified atom stereocenters. The van der Waals surface area contributed by atoms with Gasteiger partial charge in [-0.05, 0) is 18.2 Å². The van der Waals surface area contributed by atoms with Gasteiger partial charge in [0, 0.05) is 12.3 Å². The average Bonchev–Trinajstić information content (AvgIpc) is 2.38. The number of nitro groups is 1. The molecule has 0 atom stereocenters. The SMILES string of the molecule is O=[N+]([O-])c1cccc(F)c1NCc1cccnn1. The third-order valence-electron chi connectivity index (χ3n) is 2.26. The monoisotopic (exact) mass is 248 g/mol. The number of nitrogens with zero attached hydrogens (tertiary/aromatic N) is 3. The zero-order chi connectivity index (χ0) is 13.0. The van der Waals surface area contributed by atoms with E-state index < -0.39 is 10.7 Å². The highest BCUT2D eigenvalue weighted by Crippen LogP contribution is 2.27. The Labute approximate surface area is 102 Å². The van der Waals surface area contributed by atoms with Crippen molar-refractivity contribution in [2.75, 3.05) is 5.32 Å². The number of aromatic nitrogens is 2. The molecule has 0 radical (unpaired) electrons. The molecule has 1 aromatic carbocycles. The highest BCUT2D eigenvalue weighted by Gasteiger charge is 2.17. The zero-order valence-electron chi connectivity index (χ0n) is 9.21. The molecular weight excluding hydrogens is 239 g/mol. The van der Waals surface area contributed by atoms with E-state index in [-0.39, 0.29) is 17.9 Å². The fourth-order valence-corrected chi connectivity index (χ4v) is 1.45. The first-order chi connectivity index (χ1) is 8.68. The number of nitrogens with one attached hydrogen (secondary N) is 1. The van der Waals surface area contributed by atoms with E-state index in [9.17, 15) is 14.5 Å². The molecule has 0 spiro atoms. The van der Waals surface area contributed by atoms with Crippen molar-refractivity contribution in [3.8, 4) is 0 Å². The third kappa shape index (κ3) is 2.57. The number of anilines is 1. The Morgan fingerprint density at radius 3 is 2.83 bits per heavy atom. The summed E-state index contributed by atoms with van der Waals surface area (Å²) in [6.07, 6.45) is 1.51. The Bertz CT molecular complexity index is 562. The molecule has 0 amide bonds. The van der Waals surface area contributed by atoms with Gasteiger partial charge in [-0.1, -0.05) is 6.07 Å². The van der Waals surface area contributed by atoms with Crippen LogP contribution in [0.3, 0.4) is 0 Å². The maximum atomic E-state index is 13.5. The summed E-state index contributed by atoms with van der Waals surface area (Å²) in [5, 5.41) is 20.9. The molecule has 0 bridgehead atoms. The van der Waals surface area contributed by atoms with Crippen molar-refractivity contribution >= 4 is 11.4 Å². The van der Waals surface area contributed by atoms with E-state index in [2.05, 4.69) is 15.5 Å². The van der Waals surface area contributed by atoms with Crippen LogP contribution in [0.15, 0.2) is 36.5 Å². The minimum atomic E-state index is -0.673. The summed E-state index contributed by atoms with van der Waals surface area (Å²) in [5.41, 5.74) is 0.113.